The molecule has 0 unspecified atom stereocenters. The van der Waals surface area contributed by atoms with Crippen molar-refractivity contribution >= 4 is 17.8 Å². The summed E-state index contributed by atoms with van der Waals surface area (Å²) in [6.45, 7) is 5.14. The topological polar surface area (TPSA) is 66.9 Å². The van der Waals surface area contributed by atoms with Crippen molar-refractivity contribution in [2.75, 3.05) is 13.1 Å². The molecule has 2 amide bonds. The van der Waals surface area contributed by atoms with Crippen molar-refractivity contribution in [1.82, 2.24) is 9.96 Å². The maximum atomic E-state index is 12.6. The number of benzene rings is 1. The van der Waals surface area contributed by atoms with Crippen LogP contribution in [0.4, 0.5) is 0 Å². The second-order valence-corrected chi connectivity index (χ2v) is 6.44. The van der Waals surface area contributed by atoms with E-state index in [1.54, 1.807) is 38.1 Å². The first-order chi connectivity index (χ1) is 10.9. The Morgan fingerprint density at radius 2 is 1.52 bits per heavy atom. The van der Waals surface area contributed by atoms with Gasteiger partial charge >= 0.3 is 5.97 Å². The van der Waals surface area contributed by atoms with Crippen molar-refractivity contribution in [2.45, 2.75) is 38.6 Å². The van der Waals surface area contributed by atoms with Gasteiger partial charge in [0.1, 0.15) is 5.54 Å². The Labute approximate surface area is 135 Å². The summed E-state index contributed by atoms with van der Waals surface area (Å²) in [5.41, 5.74) is -0.349. The van der Waals surface area contributed by atoms with E-state index in [4.69, 9.17) is 4.84 Å². The van der Waals surface area contributed by atoms with E-state index in [1.165, 1.54) is 0 Å². The van der Waals surface area contributed by atoms with Crippen LogP contribution in [0.2, 0.25) is 0 Å². The van der Waals surface area contributed by atoms with Crippen LogP contribution in [0.25, 0.3) is 0 Å². The summed E-state index contributed by atoms with van der Waals surface area (Å²) in [7, 11) is 0. The van der Waals surface area contributed by atoms with Crippen LogP contribution in [0.3, 0.4) is 0 Å². The Bertz CT molecular complexity index is 627. The normalized spacial score (nSPS) is 19.0. The fourth-order valence-electron chi connectivity index (χ4n) is 3.03. The van der Waals surface area contributed by atoms with Crippen LogP contribution in [-0.2, 0) is 9.63 Å². The Morgan fingerprint density at radius 1 is 1.00 bits per heavy atom. The van der Waals surface area contributed by atoms with E-state index in [2.05, 4.69) is 0 Å². The number of imide groups is 1. The summed E-state index contributed by atoms with van der Waals surface area (Å²) < 4.78 is 0. The molecule has 0 N–H and O–H groups in total. The number of carbonyl (C=O) groups is 3. The summed E-state index contributed by atoms with van der Waals surface area (Å²) in [5.74, 6) is -1.77. The Balaban J connectivity index is 1.76. The molecule has 0 bridgehead atoms. The first-order valence-corrected chi connectivity index (χ1v) is 7.88. The SMILES string of the molecule is CC(C)(C(=O)ON1C(=O)c2ccccc2C1=O)N1CCCCC1. The first kappa shape index (κ1) is 15.7. The second-order valence-electron chi connectivity index (χ2n) is 6.44. The molecule has 6 nitrogen and oxygen atoms in total. The van der Waals surface area contributed by atoms with Gasteiger partial charge in [-0.3, -0.25) is 14.5 Å². The molecule has 1 aromatic carbocycles. The highest BCUT2D eigenvalue weighted by Gasteiger charge is 2.43. The van der Waals surface area contributed by atoms with Gasteiger partial charge < -0.3 is 4.84 Å². The molecule has 2 aliphatic rings. The third kappa shape index (κ3) is 2.63. The molecule has 0 saturated carbocycles. The van der Waals surface area contributed by atoms with E-state index in [9.17, 15) is 14.4 Å². The second kappa shape index (κ2) is 5.77. The van der Waals surface area contributed by atoms with Gasteiger partial charge in [-0.05, 0) is 51.9 Å². The minimum atomic E-state index is -0.879. The van der Waals surface area contributed by atoms with Crippen molar-refractivity contribution < 1.29 is 19.2 Å². The molecule has 0 aromatic heterocycles. The monoisotopic (exact) mass is 316 g/mol. The van der Waals surface area contributed by atoms with Gasteiger partial charge in [-0.2, -0.15) is 0 Å². The predicted octanol–water partition coefficient (Wildman–Crippen LogP) is 2.01. The number of hydroxylamine groups is 2. The van der Waals surface area contributed by atoms with Crippen LogP contribution in [-0.4, -0.2) is 46.4 Å². The summed E-state index contributed by atoms with van der Waals surface area (Å²) in [4.78, 5) is 44.3. The summed E-state index contributed by atoms with van der Waals surface area (Å²) in [6, 6.07) is 6.46. The molecule has 1 saturated heterocycles. The third-order valence-corrected chi connectivity index (χ3v) is 4.58. The molecule has 23 heavy (non-hydrogen) atoms. The smallest absolute Gasteiger partial charge is 0.328 e. The number of fused-ring (bicyclic) bond motifs is 1. The van der Waals surface area contributed by atoms with Crippen LogP contribution in [0.1, 0.15) is 53.8 Å². The third-order valence-electron chi connectivity index (χ3n) is 4.58. The van der Waals surface area contributed by atoms with Gasteiger partial charge in [0.25, 0.3) is 11.8 Å². The predicted molar refractivity (Wildman–Crippen MR) is 82.5 cm³/mol. The molecule has 122 valence electrons. The summed E-state index contributed by atoms with van der Waals surface area (Å²) >= 11 is 0. The zero-order valence-electron chi connectivity index (χ0n) is 13.4. The lowest BCUT2D eigenvalue weighted by atomic mass is 9.99. The van der Waals surface area contributed by atoms with Crippen LogP contribution in [0.15, 0.2) is 24.3 Å². The number of hydrogen-bond acceptors (Lipinski definition) is 5. The van der Waals surface area contributed by atoms with Crippen LogP contribution in [0.5, 0.6) is 0 Å². The summed E-state index contributed by atoms with van der Waals surface area (Å²) in [6.07, 6.45) is 3.22. The molecule has 0 spiro atoms. The number of piperidine rings is 1. The molecule has 2 heterocycles. The highest BCUT2D eigenvalue weighted by atomic mass is 16.7. The molecule has 0 aliphatic carbocycles. The lowest BCUT2D eigenvalue weighted by Gasteiger charge is -2.38. The molecule has 0 atom stereocenters. The number of carbonyl (C=O) groups excluding carboxylic acids is 3. The van der Waals surface area contributed by atoms with Crippen molar-refractivity contribution in [3.63, 3.8) is 0 Å². The molecular weight excluding hydrogens is 296 g/mol. The lowest BCUT2D eigenvalue weighted by Crippen LogP contribution is -2.54. The standard InChI is InChI=1S/C17H20N2O4/c1-17(2,18-10-6-3-7-11-18)16(22)23-19-14(20)12-8-4-5-9-13(12)15(19)21/h4-5,8-9H,3,6-7,10-11H2,1-2H3. The van der Waals surface area contributed by atoms with Gasteiger partial charge in [0.2, 0.25) is 0 Å². The maximum absolute atomic E-state index is 12.6. The number of likely N-dealkylation sites (tertiary alicyclic amines) is 1. The number of hydrogen-bond donors (Lipinski definition) is 0. The van der Waals surface area contributed by atoms with E-state index in [0.29, 0.717) is 5.06 Å². The van der Waals surface area contributed by atoms with E-state index in [-0.39, 0.29) is 11.1 Å². The fourth-order valence-corrected chi connectivity index (χ4v) is 3.03. The van der Waals surface area contributed by atoms with Crippen LogP contribution < -0.4 is 0 Å². The zero-order valence-corrected chi connectivity index (χ0v) is 13.4. The lowest BCUT2D eigenvalue weighted by molar-refractivity contribution is -0.182. The van der Waals surface area contributed by atoms with E-state index < -0.39 is 23.3 Å². The summed E-state index contributed by atoms with van der Waals surface area (Å²) in [5, 5.41) is 0.582. The molecule has 1 fully saturated rings. The number of amides is 2. The van der Waals surface area contributed by atoms with Gasteiger partial charge in [-0.25, -0.2) is 4.79 Å². The molecular formula is C17H20N2O4. The molecule has 3 rings (SSSR count). The minimum absolute atomic E-state index is 0.265. The van der Waals surface area contributed by atoms with E-state index >= 15 is 0 Å². The minimum Gasteiger partial charge on any atom is -0.328 e. The average molecular weight is 316 g/mol. The van der Waals surface area contributed by atoms with Gasteiger partial charge in [-0.1, -0.05) is 23.6 Å². The van der Waals surface area contributed by atoms with Crippen LogP contribution >= 0.6 is 0 Å². The molecule has 2 aliphatic heterocycles. The van der Waals surface area contributed by atoms with E-state index in [0.717, 1.165) is 32.4 Å². The van der Waals surface area contributed by atoms with Gasteiger partial charge in [0.15, 0.2) is 0 Å². The number of rotatable bonds is 3. The largest absolute Gasteiger partial charge is 0.352 e. The van der Waals surface area contributed by atoms with Crippen molar-refractivity contribution in [2.24, 2.45) is 0 Å². The van der Waals surface area contributed by atoms with Crippen molar-refractivity contribution in [1.29, 1.82) is 0 Å². The number of nitrogens with zero attached hydrogens (tertiary/aromatic N) is 2. The van der Waals surface area contributed by atoms with E-state index in [1.807, 2.05) is 4.90 Å². The Morgan fingerprint density at radius 3 is 2.04 bits per heavy atom. The maximum Gasteiger partial charge on any atom is 0.352 e. The molecule has 1 aromatic rings. The van der Waals surface area contributed by atoms with Crippen molar-refractivity contribution in [3.05, 3.63) is 35.4 Å². The highest BCUT2D eigenvalue weighted by molar-refractivity contribution is 6.20. The average Bonchev–Trinajstić information content (AvgIpc) is 2.81. The Kier molecular flexibility index (Phi) is 3.93. The van der Waals surface area contributed by atoms with Crippen molar-refractivity contribution in [3.8, 4) is 0 Å². The van der Waals surface area contributed by atoms with Gasteiger partial charge in [0, 0.05) is 0 Å². The van der Waals surface area contributed by atoms with Gasteiger partial charge in [0.05, 0.1) is 11.1 Å². The Hall–Kier alpha value is -2.21. The molecule has 6 heteroatoms. The highest BCUT2D eigenvalue weighted by Crippen LogP contribution is 2.26. The van der Waals surface area contributed by atoms with Gasteiger partial charge in [-0.15, -0.1) is 0 Å². The fraction of sp³-hybridized carbons (Fsp3) is 0.471. The zero-order chi connectivity index (χ0) is 16.6. The molecule has 0 radical (unpaired) electrons. The van der Waals surface area contributed by atoms with Crippen LogP contribution in [0, 0.1) is 0 Å². The quantitative estimate of drug-likeness (QED) is 0.798. The first-order valence-electron chi connectivity index (χ1n) is 7.88.